The van der Waals surface area contributed by atoms with Crippen molar-refractivity contribution in [2.24, 2.45) is 11.8 Å². The lowest BCUT2D eigenvalue weighted by Gasteiger charge is -2.36. The molecule has 1 heterocycles. The van der Waals surface area contributed by atoms with Gasteiger partial charge in [-0.3, -0.25) is 5.84 Å². The van der Waals surface area contributed by atoms with Gasteiger partial charge in [0.05, 0.1) is 0 Å². The van der Waals surface area contributed by atoms with E-state index in [0.29, 0.717) is 6.04 Å². The van der Waals surface area contributed by atoms with E-state index in [9.17, 15) is 0 Å². The molecule has 0 saturated carbocycles. The van der Waals surface area contributed by atoms with Crippen molar-refractivity contribution in [3.63, 3.8) is 0 Å². The van der Waals surface area contributed by atoms with Crippen LogP contribution in [-0.2, 0) is 0 Å². The van der Waals surface area contributed by atoms with E-state index >= 15 is 0 Å². The van der Waals surface area contributed by atoms with Crippen molar-refractivity contribution in [3.05, 3.63) is 0 Å². The summed E-state index contributed by atoms with van der Waals surface area (Å²) in [5.41, 5.74) is 0. The molecule has 0 bridgehead atoms. The van der Waals surface area contributed by atoms with Crippen LogP contribution in [0.1, 0.15) is 39.5 Å². The predicted octanol–water partition coefficient (Wildman–Crippen LogP) is 1.76. The number of hydrogen-bond donors (Lipinski definition) is 1. The van der Waals surface area contributed by atoms with Gasteiger partial charge in [0.2, 0.25) is 0 Å². The summed E-state index contributed by atoms with van der Waals surface area (Å²) < 4.78 is 0. The van der Waals surface area contributed by atoms with E-state index in [2.05, 4.69) is 13.8 Å². The van der Waals surface area contributed by atoms with Gasteiger partial charge in [-0.25, -0.2) is 5.01 Å². The molecule has 66 valence electrons. The molecule has 0 aromatic heterocycles. The van der Waals surface area contributed by atoms with Gasteiger partial charge >= 0.3 is 0 Å². The third-order valence-electron chi connectivity index (χ3n) is 2.86. The van der Waals surface area contributed by atoms with Crippen LogP contribution < -0.4 is 5.84 Å². The largest absolute Gasteiger partial charge is 0.269 e. The number of rotatable bonds is 2. The first-order valence-corrected chi connectivity index (χ1v) is 4.77. The molecule has 1 saturated heterocycles. The molecule has 2 unspecified atom stereocenters. The first-order chi connectivity index (χ1) is 5.25. The minimum Gasteiger partial charge on any atom is -0.269 e. The van der Waals surface area contributed by atoms with Crippen LogP contribution in [0.2, 0.25) is 0 Å². The summed E-state index contributed by atoms with van der Waals surface area (Å²) in [6, 6.07) is 0.601. The maximum Gasteiger partial charge on any atom is 0.0241 e. The van der Waals surface area contributed by atoms with Gasteiger partial charge in [0.1, 0.15) is 0 Å². The van der Waals surface area contributed by atoms with E-state index in [1.165, 1.54) is 25.7 Å². The zero-order valence-corrected chi connectivity index (χ0v) is 7.71. The summed E-state index contributed by atoms with van der Waals surface area (Å²) in [7, 11) is 0. The zero-order valence-electron chi connectivity index (χ0n) is 7.71. The van der Waals surface area contributed by atoms with Crippen molar-refractivity contribution >= 4 is 0 Å². The second kappa shape index (κ2) is 4.07. The second-order valence-electron chi connectivity index (χ2n) is 3.67. The summed E-state index contributed by atoms with van der Waals surface area (Å²) in [6.07, 6.45) is 5.30. The average molecular weight is 156 g/mol. The van der Waals surface area contributed by atoms with Crippen molar-refractivity contribution in [1.29, 1.82) is 0 Å². The lowest BCUT2D eigenvalue weighted by Crippen LogP contribution is -2.47. The normalized spacial score (nSPS) is 34.1. The molecule has 0 radical (unpaired) electrons. The highest BCUT2D eigenvalue weighted by molar-refractivity contribution is 4.77. The number of piperidine rings is 1. The molecule has 0 aliphatic carbocycles. The van der Waals surface area contributed by atoms with Crippen molar-refractivity contribution in [2.75, 3.05) is 6.54 Å². The molecule has 0 aromatic carbocycles. The fourth-order valence-corrected chi connectivity index (χ4v) is 2.01. The molecule has 0 amide bonds. The zero-order chi connectivity index (χ0) is 8.27. The molecule has 0 aromatic rings. The third kappa shape index (κ3) is 2.17. The van der Waals surface area contributed by atoms with Crippen LogP contribution in [0.5, 0.6) is 0 Å². The molecule has 11 heavy (non-hydrogen) atoms. The number of nitrogens with two attached hydrogens (primary N) is 1. The summed E-state index contributed by atoms with van der Waals surface area (Å²) in [4.78, 5) is 0. The Bertz CT molecular complexity index is 112. The summed E-state index contributed by atoms with van der Waals surface area (Å²) in [5, 5.41) is 2.00. The van der Waals surface area contributed by atoms with Crippen LogP contribution >= 0.6 is 0 Å². The molecule has 1 aliphatic heterocycles. The topological polar surface area (TPSA) is 29.3 Å². The molecule has 2 N–H and O–H groups in total. The Balaban J connectivity index is 2.38. The van der Waals surface area contributed by atoms with Gasteiger partial charge in [0, 0.05) is 12.6 Å². The van der Waals surface area contributed by atoms with E-state index < -0.39 is 0 Å². The molecule has 2 heteroatoms. The van der Waals surface area contributed by atoms with Crippen LogP contribution in [0.25, 0.3) is 0 Å². The quantitative estimate of drug-likeness (QED) is 0.617. The highest BCUT2D eigenvalue weighted by Crippen LogP contribution is 2.24. The first kappa shape index (κ1) is 9.01. The molecule has 1 rings (SSSR count). The molecule has 1 aliphatic rings. The maximum atomic E-state index is 5.83. The van der Waals surface area contributed by atoms with Gasteiger partial charge in [-0.1, -0.05) is 13.3 Å². The molecule has 2 nitrogen and oxygen atoms in total. The van der Waals surface area contributed by atoms with Gasteiger partial charge in [-0.2, -0.15) is 0 Å². The van der Waals surface area contributed by atoms with Gasteiger partial charge in [-0.05, 0) is 32.1 Å². The number of hydrogen-bond acceptors (Lipinski definition) is 2. The minimum absolute atomic E-state index is 0.601. The van der Waals surface area contributed by atoms with E-state index in [0.717, 1.165) is 12.5 Å². The Morgan fingerprint density at radius 2 is 2.27 bits per heavy atom. The minimum atomic E-state index is 0.601. The van der Waals surface area contributed by atoms with Gasteiger partial charge in [0.15, 0.2) is 0 Å². The lowest BCUT2D eigenvalue weighted by atomic mass is 9.88. The molecule has 1 fully saturated rings. The highest BCUT2D eigenvalue weighted by atomic mass is 15.4. The summed E-state index contributed by atoms with van der Waals surface area (Å²) in [5.74, 6) is 6.68. The predicted molar refractivity (Wildman–Crippen MR) is 48.0 cm³/mol. The number of nitrogens with zero attached hydrogens (tertiary/aromatic N) is 1. The third-order valence-corrected chi connectivity index (χ3v) is 2.86. The average Bonchev–Trinajstić information content (AvgIpc) is 1.99. The maximum absolute atomic E-state index is 5.83. The van der Waals surface area contributed by atoms with Crippen LogP contribution in [0.3, 0.4) is 0 Å². The van der Waals surface area contributed by atoms with Crippen LogP contribution in [-0.4, -0.2) is 17.6 Å². The van der Waals surface area contributed by atoms with Crippen molar-refractivity contribution in [2.45, 2.75) is 45.6 Å². The monoisotopic (exact) mass is 156 g/mol. The SMILES string of the molecule is CCCC1CCCN(N)C1C. The summed E-state index contributed by atoms with van der Waals surface area (Å²) in [6.45, 7) is 5.59. The molecule has 0 spiro atoms. The highest BCUT2D eigenvalue weighted by Gasteiger charge is 2.24. The molecular formula is C9H20N2. The van der Waals surface area contributed by atoms with Crippen LogP contribution in [0, 0.1) is 5.92 Å². The Kier molecular flexibility index (Phi) is 3.34. The van der Waals surface area contributed by atoms with Crippen LogP contribution in [0.15, 0.2) is 0 Å². The smallest absolute Gasteiger partial charge is 0.0241 e. The van der Waals surface area contributed by atoms with Gasteiger partial charge < -0.3 is 0 Å². The van der Waals surface area contributed by atoms with Crippen molar-refractivity contribution in [1.82, 2.24) is 5.01 Å². The van der Waals surface area contributed by atoms with Gasteiger partial charge in [-0.15, -0.1) is 0 Å². The summed E-state index contributed by atoms with van der Waals surface area (Å²) >= 11 is 0. The van der Waals surface area contributed by atoms with Crippen molar-refractivity contribution in [3.8, 4) is 0 Å². The van der Waals surface area contributed by atoms with E-state index in [-0.39, 0.29) is 0 Å². The Morgan fingerprint density at radius 3 is 2.91 bits per heavy atom. The van der Waals surface area contributed by atoms with Crippen LogP contribution in [0.4, 0.5) is 0 Å². The van der Waals surface area contributed by atoms with E-state index in [4.69, 9.17) is 5.84 Å². The standard InChI is InChI=1S/C9H20N2/c1-3-5-9-6-4-7-11(10)8(9)2/h8-9H,3-7,10H2,1-2H3. The fourth-order valence-electron chi connectivity index (χ4n) is 2.01. The van der Waals surface area contributed by atoms with Crippen molar-refractivity contribution < 1.29 is 0 Å². The number of hydrazine groups is 1. The lowest BCUT2D eigenvalue weighted by molar-refractivity contribution is 0.100. The van der Waals surface area contributed by atoms with E-state index in [1.807, 2.05) is 5.01 Å². The molecular weight excluding hydrogens is 136 g/mol. The first-order valence-electron chi connectivity index (χ1n) is 4.77. The second-order valence-corrected chi connectivity index (χ2v) is 3.67. The Hall–Kier alpha value is -0.0800. The van der Waals surface area contributed by atoms with E-state index in [1.54, 1.807) is 0 Å². The fraction of sp³-hybridized carbons (Fsp3) is 1.00. The Morgan fingerprint density at radius 1 is 1.55 bits per heavy atom. The molecule has 2 atom stereocenters. The Labute approximate surface area is 69.7 Å². The van der Waals surface area contributed by atoms with Gasteiger partial charge in [0.25, 0.3) is 0 Å².